The summed E-state index contributed by atoms with van der Waals surface area (Å²) in [5.41, 5.74) is -1.07. The van der Waals surface area contributed by atoms with Crippen LogP contribution in [0.15, 0.2) is 23.1 Å². The third-order valence-electron chi connectivity index (χ3n) is 6.11. The first-order chi connectivity index (χ1) is 18.9. The van der Waals surface area contributed by atoms with Crippen molar-refractivity contribution >= 4 is 29.3 Å². The number of aromatic carboxylic acids is 2. The van der Waals surface area contributed by atoms with Gasteiger partial charge in [0.2, 0.25) is 0 Å². The third kappa shape index (κ3) is 19.5. The van der Waals surface area contributed by atoms with Crippen LogP contribution >= 0.6 is 7.26 Å². The zero-order chi connectivity index (χ0) is 31.0. The molecule has 1 rings (SSSR count). The molecule has 0 unspecified atom stereocenters. The topological polar surface area (TPSA) is 179 Å². The van der Waals surface area contributed by atoms with Crippen molar-refractivity contribution in [1.29, 1.82) is 0 Å². The fourth-order valence-electron chi connectivity index (χ4n) is 3.87. The number of aliphatic hydroxyl groups is 2. The molecule has 0 radical (unpaired) electrons. The summed E-state index contributed by atoms with van der Waals surface area (Å²) in [4.78, 5) is 20.4. The fourth-order valence-corrected chi connectivity index (χ4v) is 9.71. The van der Waals surface area contributed by atoms with Crippen molar-refractivity contribution in [2.75, 3.05) is 51.1 Å². The summed E-state index contributed by atoms with van der Waals surface area (Å²) in [6.07, 6.45) is 17.9. The Morgan fingerprint density at radius 2 is 1.02 bits per heavy atom. The highest BCUT2D eigenvalue weighted by Crippen LogP contribution is 2.61. The molecular weight excluding hydrogens is 559 g/mol. The third-order valence-corrected chi connectivity index (χ3v) is 12.0. The largest absolute Gasteiger partial charge is 0.478 e. The lowest BCUT2D eigenvalue weighted by Gasteiger charge is -2.28. The molecule has 40 heavy (non-hydrogen) atoms. The first kappa shape index (κ1) is 40.5. The predicted molar refractivity (Wildman–Crippen MR) is 161 cm³/mol. The van der Waals surface area contributed by atoms with E-state index in [1.54, 1.807) is 24.6 Å². The Bertz CT molecular complexity index is 848. The number of rotatable bonds is 19. The highest BCUT2D eigenvalue weighted by atomic mass is 32.2. The van der Waals surface area contributed by atoms with Gasteiger partial charge in [0.25, 0.3) is 10.1 Å². The van der Waals surface area contributed by atoms with E-state index in [9.17, 15) is 18.0 Å². The second-order valence-corrected chi connectivity index (χ2v) is 15.4. The number of benzene rings is 1. The molecule has 234 valence electrons. The van der Waals surface area contributed by atoms with Crippen molar-refractivity contribution < 1.29 is 47.7 Å². The van der Waals surface area contributed by atoms with Gasteiger partial charge in [-0.05, 0) is 43.9 Å². The number of carboxylic acids is 2. The maximum Gasteiger partial charge on any atom is 0.335 e. The van der Waals surface area contributed by atoms with Crippen LogP contribution in [0.25, 0.3) is 0 Å². The Hall–Kier alpha value is -1.62. The van der Waals surface area contributed by atoms with Gasteiger partial charge in [0.05, 0.1) is 67.1 Å². The minimum atomic E-state index is -4.64. The first-order valence-corrected chi connectivity index (χ1v) is 18.1. The van der Waals surface area contributed by atoms with E-state index in [-0.39, 0.29) is 13.2 Å². The molecule has 1 aromatic rings. The zero-order valence-electron chi connectivity index (χ0n) is 24.7. The van der Waals surface area contributed by atoms with Crippen molar-refractivity contribution in [3.05, 3.63) is 29.3 Å². The molecule has 0 fully saturated rings. The fraction of sp³-hybridized carbons (Fsp3) is 0.714. The molecule has 0 amide bonds. The summed E-state index contributed by atoms with van der Waals surface area (Å²) in [5, 5.41) is 33.4. The van der Waals surface area contributed by atoms with E-state index in [1.165, 1.54) is 51.4 Å². The van der Waals surface area contributed by atoms with Gasteiger partial charge in [-0.15, -0.1) is 0 Å². The molecule has 0 heterocycles. The number of hydrogen-bond donors (Lipinski definition) is 5. The second kappa shape index (κ2) is 24.0. The summed E-state index contributed by atoms with van der Waals surface area (Å²) in [6, 6.07) is 2.13. The highest BCUT2D eigenvalue weighted by molar-refractivity contribution is 7.85. The van der Waals surface area contributed by atoms with Crippen LogP contribution in [0.5, 0.6) is 0 Å². The van der Waals surface area contributed by atoms with Crippen molar-refractivity contribution in [2.45, 2.75) is 84.0 Å². The van der Waals surface area contributed by atoms with E-state index in [4.69, 9.17) is 25.0 Å². The van der Waals surface area contributed by atoms with Gasteiger partial charge in [0.15, 0.2) is 0 Å². The van der Waals surface area contributed by atoms with Crippen LogP contribution in [0.3, 0.4) is 0 Å². The van der Waals surface area contributed by atoms with E-state index in [2.05, 4.69) is 32.4 Å². The van der Waals surface area contributed by atoms with Crippen LogP contribution < -0.4 is 0 Å². The highest BCUT2D eigenvalue weighted by Gasteiger charge is 2.34. The Labute approximate surface area is 241 Å². The van der Waals surface area contributed by atoms with Crippen molar-refractivity contribution in [3.8, 4) is 0 Å². The Kier molecular flexibility index (Phi) is 24.3. The van der Waals surface area contributed by atoms with Gasteiger partial charge in [-0.1, -0.05) is 53.4 Å². The predicted octanol–water partition coefficient (Wildman–Crippen LogP) is 5.52. The average Bonchev–Trinajstić information content (AvgIpc) is 2.92. The smallest absolute Gasteiger partial charge is 0.335 e. The molecule has 0 saturated heterocycles. The SMILES string of the molecule is CCCC[P+](CCCC)(CCCC)CCCC.O=C(O)c1cc(C(=O)O)cc(S(=O)(=O)O)c1.OCCOCCO. The number of aliphatic hydroxyl groups excluding tert-OH is 2. The number of hydrogen-bond acceptors (Lipinski definition) is 7. The molecule has 0 saturated carbocycles. The Morgan fingerprint density at radius 1 is 0.700 bits per heavy atom. The molecule has 10 nitrogen and oxygen atoms in total. The van der Waals surface area contributed by atoms with E-state index >= 15 is 0 Å². The van der Waals surface area contributed by atoms with Gasteiger partial charge in [0, 0.05) is 7.26 Å². The number of unbranched alkanes of at least 4 members (excludes halogenated alkanes) is 4. The molecule has 0 spiro atoms. The summed E-state index contributed by atoms with van der Waals surface area (Å²) < 4.78 is 34.8. The first-order valence-electron chi connectivity index (χ1n) is 14.1. The van der Waals surface area contributed by atoms with Crippen LogP contribution in [0.1, 0.15) is 99.8 Å². The number of carboxylic acid groups (broad SMARTS) is 2. The van der Waals surface area contributed by atoms with E-state index in [0.717, 1.165) is 6.07 Å². The van der Waals surface area contributed by atoms with Gasteiger partial charge in [-0.2, -0.15) is 8.42 Å². The minimum Gasteiger partial charge on any atom is -0.478 e. The maximum absolute atomic E-state index is 10.8. The minimum absolute atomic E-state index is 0.0278. The monoisotopic (exact) mass is 611 g/mol. The normalized spacial score (nSPS) is 11.2. The second-order valence-electron chi connectivity index (χ2n) is 9.54. The molecule has 0 atom stereocenters. The Balaban J connectivity index is 0. The van der Waals surface area contributed by atoms with Crippen LogP contribution in [-0.2, 0) is 14.9 Å². The lowest BCUT2D eigenvalue weighted by atomic mass is 10.1. The van der Waals surface area contributed by atoms with E-state index in [1.807, 2.05) is 0 Å². The van der Waals surface area contributed by atoms with Crippen molar-refractivity contribution in [1.82, 2.24) is 0 Å². The van der Waals surface area contributed by atoms with Gasteiger partial charge in [-0.25, -0.2) is 9.59 Å². The molecule has 5 N–H and O–H groups in total. The molecule has 12 heteroatoms. The van der Waals surface area contributed by atoms with Crippen molar-refractivity contribution in [3.63, 3.8) is 0 Å². The molecule has 0 aliphatic rings. The molecule has 0 bridgehead atoms. The van der Waals surface area contributed by atoms with E-state index < -0.39 is 45.3 Å². The van der Waals surface area contributed by atoms with Gasteiger partial charge < -0.3 is 25.2 Å². The molecule has 1 aromatic carbocycles. The van der Waals surface area contributed by atoms with Crippen LogP contribution in [0.4, 0.5) is 0 Å². The molecule has 0 aliphatic heterocycles. The Morgan fingerprint density at radius 3 is 1.25 bits per heavy atom. The quantitative estimate of drug-likeness (QED) is 0.0759. The van der Waals surface area contributed by atoms with Crippen LogP contribution in [0, 0.1) is 0 Å². The van der Waals surface area contributed by atoms with Crippen LogP contribution in [-0.4, -0.2) is 96.4 Å². The maximum atomic E-state index is 10.8. The van der Waals surface area contributed by atoms with Gasteiger partial charge in [0.1, 0.15) is 0 Å². The van der Waals surface area contributed by atoms with E-state index in [0.29, 0.717) is 25.3 Å². The molecule has 0 aromatic heterocycles. The zero-order valence-corrected chi connectivity index (χ0v) is 26.4. The summed E-state index contributed by atoms with van der Waals surface area (Å²) in [7, 11) is -5.20. The number of ether oxygens (including phenoxy) is 1. The van der Waals surface area contributed by atoms with Gasteiger partial charge in [-0.3, -0.25) is 4.55 Å². The number of carbonyl (C=O) groups is 2. The average molecular weight is 612 g/mol. The molecule has 0 aliphatic carbocycles. The van der Waals surface area contributed by atoms with Crippen molar-refractivity contribution in [2.24, 2.45) is 0 Å². The standard InChI is InChI=1S/C16H36P.C8H6O7S.C4H10O3/c1-5-9-13-17(14-10-6-2,15-11-7-3)16-12-8-4;9-7(10)4-1-5(8(11)12)3-6(2-4)16(13,14)15;5-1-3-7-4-2-6/h5-16H2,1-4H3;1-3H,(H,9,10)(H,11,12)(H,13,14,15);5-6H,1-4H2/q+1;;. The van der Waals surface area contributed by atoms with Crippen LogP contribution in [0.2, 0.25) is 0 Å². The van der Waals surface area contributed by atoms with Gasteiger partial charge >= 0.3 is 11.9 Å². The summed E-state index contributed by atoms with van der Waals surface area (Å²) >= 11 is 0. The lowest BCUT2D eigenvalue weighted by Crippen LogP contribution is -2.12. The summed E-state index contributed by atoms with van der Waals surface area (Å²) in [5.74, 6) is -2.99. The lowest BCUT2D eigenvalue weighted by molar-refractivity contribution is 0.0650. The molecular formula is C28H52O10PS+. The summed E-state index contributed by atoms with van der Waals surface area (Å²) in [6.45, 7) is 10.1.